The molecule has 0 radical (unpaired) electrons. The first kappa shape index (κ1) is 19.1. The van der Waals surface area contributed by atoms with Crippen LogP contribution < -0.4 is 5.32 Å². The Morgan fingerprint density at radius 3 is 2.43 bits per heavy atom. The zero-order valence-corrected chi connectivity index (χ0v) is 17.5. The van der Waals surface area contributed by atoms with Crippen molar-refractivity contribution in [3.8, 4) is 11.4 Å². The van der Waals surface area contributed by atoms with Crippen molar-refractivity contribution in [1.29, 1.82) is 0 Å². The van der Waals surface area contributed by atoms with Gasteiger partial charge in [-0.15, -0.1) is 0 Å². The summed E-state index contributed by atoms with van der Waals surface area (Å²) in [7, 11) is 0. The van der Waals surface area contributed by atoms with Crippen molar-refractivity contribution in [2.24, 2.45) is 0 Å². The summed E-state index contributed by atoms with van der Waals surface area (Å²) in [6.07, 6.45) is 0.980. The molecule has 28 heavy (non-hydrogen) atoms. The molecule has 1 aromatic heterocycles. The van der Waals surface area contributed by atoms with Gasteiger partial charge in [0.2, 0.25) is 0 Å². The highest BCUT2D eigenvalue weighted by Crippen LogP contribution is 2.34. The van der Waals surface area contributed by atoms with Crippen LogP contribution in [0.25, 0.3) is 22.4 Å². The van der Waals surface area contributed by atoms with E-state index in [-0.39, 0.29) is 0 Å². The van der Waals surface area contributed by atoms with Crippen LogP contribution in [0.1, 0.15) is 13.3 Å². The lowest BCUT2D eigenvalue weighted by atomic mass is 10.2. The fraction of sp³-hybridized carbons (Fsp3) is 0.136. The van der Waals surface area contributed by atoms with Gasteiger partial charge >= 0.3 is 0 Å². The third-order valence-electron chi connectivity index (χ3n) is 4.52. The Bertz CT molecular complexity index is 1130. The maximum atomic E-state index is 6.57. The van der Waals surface area contributed by atoms with Gasteiger partial charge in [0.15, 0.2) is 0 Å². The lowest BCUT2D eigenvalue weighted by Gasteiger charge is -2.12. The van der Waals surface area contributed by atoms with Crippen LogP contribution in [0.4, 0.5) is 11.4 Å². The molecule has 3 nitrogen and oxygen atoms in total. The van der Waals surface area contributed by atoms with Crippen LogP contribution in [-0.2, 0) is 6.54 Å². The number of para-hydroxylation sites is 1. The molecule has 0 aliphatic heterocycles. The van der Waals surface area contributed by atoms with Gasteiger partial charge in [-0.1, -0.05) is 47.8 Å². The summed E-state index contributed by atoms with van der Waals surface area (Å²) in [5, 5.41) is 5.33. The molecule has 1 heterocycles. The van der Waals surface area contributed by atoms with Gasteiger partial charge in [-0.25, -0.2) is 4.98 Å². The molecule has 4 rings (SSSR count). The fourth-order valence-corrected chi connectivity index (χ4v) is 3.87. The molecule has 0 saturated carbocycles. The number of rotatable bonds is 5. The van der Waals surface area contributed by atoms with Crippen LogP contribution >= 0.6 is 34.8 Å². The number of halogens is 3. The minimum atomic E-state index is 0.619. The van der Waals surface area contributed by atoms with Gasteiger partial charge in [0, 0.05) is 22.8 Å². The van der Waals surface area contributed by atoms with Crippen molar-refractivity contribution < 1.29 is 0 Å². The molecule has 4 aromatic rings. The zero-order chi connectivity index (χ0) is 19.7. The van der Waals surface area contributed by atoms with Gasteiger partial charge in [0.05, 0.1) is 26.8 Å². The first-order valence-electron chi connectivity index (χ1n) is 9.04. The normalized spacial score (nSPS) is 11.1. The summed E-state index contributed by atoms with van der Waals surface area (Å²) in [5.74, 6) is 0.866. The van der Waals surface area contributed by atoms with Crippen molar-refractivity contribution in [1.82, 2.24) is 9.55 Å². The number of hydrogen-bond donors (Lipinski definition) is 1. The molecule has 0 fully saturated rings. The van der Waals surface area contributed by atoms with Crippen LogP contribution in [0.5, 0.6) is 0 Å². The number of benzene rings is 3. The average Bonchev–Trinajstić information content (AvgIpc) is 3.05. The van der Waals surface area contributed by atoms with E-state index in [0.29, 0.717) is 15.1 Å². The van der Waals surface area contributed by atoms with Crippen LogP contribution in [0.2, 0.25) is 15.1 Å². The number of anilines is 2. The van der Waals surface area contributed by atoms with Crippen molar-refractivity contribution in [2.75, 3.05) is 5.32 Å². The maximum absolute atomic E-state index is 6.57. The Morgan fingerprint density at radius 2 is 1.71 bits per heavy atom. The van der Waals surface area contributed by atoms with E-state index >= 15 is 0 Å². The van der Waals surface area contributed by atoms with Crippen molar-refractivity contribution in [2.45, 2.75) is 19.9 Å². The predicted molar refractivity (Wildman–Crippen MR) is 120 cm³/mol. The van der Waals surface area contributed by atoms with Crippen molar-refractivity contribution >= 4 is 57.2 Å². The lowest BCUT2D eigenvalue weighted by Crippen LogP contribution is -2.00. The molecule has 0 aliphatic rings. The number of aromatic nitrogens is 2. The summed E-state index contributed by atoms with van der Waals surface area (Å²) in [6.45, 7) is 2.97. The number of hydrogen-bond acceptors (Lipinski definition) is 2. The zero-order valence-electron chi connectivity index (χ0n) is 15.2. The topological polar surface area (TPSA) is 29.9 Å². The van der Waals surface area contributed by atoms with E-state index in [2.05, 4.69) is 16.8 Å². The highest BCUT2D eigenvalue weighted by Gasteiger charge is 2.15. The summed E-state index contributed by atoms with van der Waals surface area (Å²) >= 11 is 19.0. The lowest BCUT2D eigenvalue weighted by molar-refractivity contribution is 0.704. The van der Waals surface area contributed by atoms with Gasteiger partial charge < -0.3 is 9.88 Å². The SMILES string of the molecule is CCCn1c(-c2ccc(Nc3ccc(Cl)cc3)c(Cl)c2)nc2cccc(Cl)c21. The largest absolute Gasteiger partial charge is 0.354 e. The summed E-state index contributed by atoms with van der Waals surface area (Å²) in [6, 6.07) is 19.2. The Morgan fingerprint density at radius 1 is 0.929 bits per heavy atom. The third kappa shape index (κ3) is 3.70. The molecule has 1 N–H and O–H groups in total. The third-order valence-corrected chi connectivity index (χ3v) is 5.38. The van der Waals surface area contributed by atoms with Gasteiger partial charge in [0.25, 0.3) is 0 Å². The Hall–Kier alpha value is -2.20. The second-order valence-corrected chi connectivity index (χ2v) is 7.77. The molecule has 0 aliphatic carbocycles. The number of nitrogens with one attached hydrogen (secondary N) is 1. The molecule has 0 saturated heterocycles. The second kappa shape index (κ2) is 8.04. The smallest absolute Gasteiger partial charge is 0.141 e. The highest BCUT2D eigenvalue weighted by molar-refractivity contribution is 6.35. The molecular weight excluding hydrogens is 413 g/mol. The van der Waals surface area contributed by atoms with E-state index in [1.807, 2.05) is 60.7 Å². The molecule has 0 spiro atoms. The van der Waals surface area contributed by atoms with E-state index < -0.39 is 0 Å². The molecule has 6 heteroatoms. The minimum Gasteiger partial charge on any atom is -0.354 e. The minimum absolute atomic E-state index is 0.619. The van der Waals surface area contributed by atoms with E-state index in [1.165, 1.54) is 0 Å². The van der Waals surface area contributed by atoms with Crippen LogP contribution in [0.15, 0.2) is 60.7 Å². The first-order valence-corrected chi connectivity index (χ1v) is 10.2. The predicted octanol–water partition coefficient (Wildman–Crippen LogP) is 7.82. The van der Waals surface area contributed by atoms with Crippen molar-refractivity contribution in [3.63, 3.8) is 0 Å². The molecule has 3 aromatic carbocycles. The molecule has 0 amide bonds. The van der Waals surface area contributed by atoms with E-state index in [9.17, 15) is 0 Å². The van der Waals surface area contributed by atoms with Crippen LogP contribution in [0, 0.1) is 0 Å². The molecule has 0 unspecified atom stereocenters. The average molecular weight is 431 g/mol. The standard InChI is InChI=1S/C22H18Cl3N3/c1-2-12-28-21-17(24)4-3-5-20(21)27-22(28)14-6-11-19(18(25)13-14)26-16-9-7-15(23)8-10-16/h3-11,13,26H,2,12H2,1H3. The molecule has 0 bridgehead atoms. The Labute approximate surface area is 178 Å². The summed E-state index contributed by atoms with van der Waals surface area (Å²) in [4.78, 5) is 4.81. The summed E-state index contributed by atoms with van der Waals surface area (Å²) < 4.78 is 2.16. The van der Waals surface area contributed by atoms with Gasteiger partial charge in [-0.05, 0) is 61.0 Å². The Balaban J connectivity index is 1.74. The van der Waals surface area contributed by atoms with Crippen LogP contribution in [-0.4, -0.2) is 9.55 Å². The molecule has 142 valence electrons. The monoisotopic (exact) mass is 429 g/mol. The van der Waals surface area contributed by atoms with Gasteiger partial charge in [-0.2, -0.15) is 0 Å². The molecular formula is C22H18Cl3N3. The van der Waals surface area contributed by atoms with Crippen molar-refractivity contribution in [3.05, 3.63) is 75.7 Å². The number of nitrogens with zero attached hydrogens (tertiary/aromatic N) is 2. The highest BCUT2D eigenvalue weighted by atomic mass is 35.5. The quantitative estimate of drug-likeness (QED) is 0.350. The van der Waals surface area contributed by atoms with E-state index in [4.69, 9.17) is 39.8 Å². The summed E-state index contributed by atoms with van der Waals surface area (Å²) in [5.41, 5.74) is 4.54. The van der Waals surface area contributed by atoms with E-state index in [1.54, 1.807) is 0 Å². The number of imidazole rings is 1. The first-order chi connectivity index (χ1) is 13.6. The number of aryl methyl sites for hydroxylation is 1. The fourth-order valence-electron chi connectivity index (χ4n) is 3.25. The Kier molecular flexibility index (Phi) is 5.49. The maximum Gasteiger partial charge on any atom is 0.141 e. The molecule has 0 atom stereocenters. The van der Waals surface area contributed by atoms with E-state index in [0.717, 1.165) is 46.8 Å². The van der Waals surface area contributed by atoms with Gasteiger partial charge in [-0.3, -0.25) is 0 Å². The van der Waals surface area contributed by atoms with Crippen LogP contribution in [0.3, 0.4) is 0 Å². The number of fused-ring (bicyclic) bond motifs is 1. The van der Waals surface area contributed by atoms with Gasteiger partial charge in [0.1, 0.15) is 5.82 Å². The second-order valence-electron chi connectivity index (χ2n) is 6.52.